The lowest BCUT2D eigenvalue weighted by Crippen LogP contribution is -2.26. The quantitative estimate of drug-likeness (QED) is 0.507. The first kappa shape index (κ1) is 23.9. The third kappa shape index (κ3) is 5.63. The topological polar surface area (TPSA) is 80.9 Å². The van der Waals surface area contributed by atoms with Crippen molar-refractivity contribution in [3.05, 3.63) is 57.8 Å². The van der Waals surface area contributed by atoms with Gasteiger partial charge in [-0.1, -0.05) is 23.7 Å². The summed E-state index contributed by atoms with van der Waals surface area (Å²) in [5.74, 6) is -0.344. The number of hydrogen-bond donors (Lipinski definition) is 2. The van der Waals surface area contributed by atoms with Gasteiger partial charge in [-0.25, -0.2) is 13.9 Å². The van der Waals surface area contributed by atoms with E-state index in [-0.39, 0.29) is 36.0 Å². The zero-order valence-electron chi connectivity index (χ0n) is 19.2. The van der Waals surface area contributed by atoms with Crippen molar-refractivity contribution in [2.24, 2.45) is 0 Å². The van der Waals surface area contributed by atoms with Crippen LogP contribution in [0, 0.1) is 5.82 Å². The van der Waals surface area contributed by atoms with Gasteiger partial charge in [0.15, 0.2) is 17.1 Å². The highest BCUT2D eigenvalue weighted by atomic mass is 35.5. The van der Waals surface area contributed by atoms with Gasteiger partial charge in [0.25, 0.3) is 0 Å². The number of anilines is 1. The van der Waals surface area contributed by atoms with Crippen molar-refractivity contribution >= 4 is 22.9 Å². The molecule has 0 aliphatic carbocycles. The van der Waals surface area contributed by atoms with Crippen LogP contribution in [0.4, 0.5) is 10.1 Å². The predicted molar refractivity (Wildman–Crippen MR) is 125 cm³/mol. The Morgan fingerprint density at radius 2 is 2.15 bits per heavy atom. The van der Waals surface area contributed by atoms with E-state index < -0.39 is 0 Å². The Labute approximate surface area is 197 Å². The minimum Gasteiger partial charge on any atom is -0.390 e. The number of ether oxygens (including phenoxy) is 2. The number of halogens is 2. The Bertz CT molecular complexity index is 1120. The van der Waals surface area contributed by atoms with Crippen LogP contribution >= 0.6 is 11.6 Å². The Morgan fingerprint density at radius 3 is 2.85 bits per heavy atom. The fraction of sp³-hybridized carbons (Fsp3) is 0.500. The Kier molecular flexibility index (Phi) is 7.19. The predicted octanol–water partition coefficient (Wildman–Crippen LogP) is 4.86. The van der Waals surface area contributed by atoms with Crippen molar-refractivity contribution < 1.29 is 19.0 Å². The maximum atomic E-state index is 14.8. The third-order valence-corrected chi connectivity index (χ3v) is 5.70. The van der Waals surface area contributed by atoms with Crippen LogP contribution < -0.4 is 5.32 Å². The Morgan fingerprint density at radius 1 is 1.33 bits per heavy atom. The molecule has 33 heavy (non-hydrogen) atoms. The standard InChI is InChI=1S/C24H30ClFN4O3/c1-24(2,3)28-18-12-21(25)29-30-20(19(13-31)27-23(18)30)11-15-7-6-8-17(26)16(15)14-33-22-9-4-5-10-32-22/h6-8,12,22,28,31H,4-5,9-11,13-14H2,1-3H3. The van der Waals surface area contributed by atoms with Gasteiger partial charge < -0.3 is 19.9 Å². The Balaban J connectivity index is 1.69. The van der Waals surface area contributed by atoms with Crippen LogP contribution in [0.3, 0.4) is 0 Å². The van der Waals surface area contributed by atoms with Gasteiger partial charge in [0, 0.05) is 30.2 Å². The number of nitrogens with one attached hydrogen (secondary N) is 1. The summed E-state index contributed by atoms with van der Waals surface area (Å²) in [5, 5.41) is 18.1. The molecule has 1 unspecified atom stereocenters. The fourth-order valence-corrected chi connectivity index (χ4v) is 4.19. The molecule has 1 aliphatic rings. The second-order valence-corrected chi connectivity index (χ2v) is 9.70. The number of imidazole rings is 1. The first-order valence-electron chi connectivity index (χ1n) is 11.2. The minimum absolute atomic E-state index is 0.100. The van der Waals surface area contributed by atoms with Gasteiger partial charge >= 0.3 is 0 Å². The number of nitrogens with zero attached hydrogens (tertiary/aromatic N) is 3. The number of aromatic nitrogens is 3. The van der Waals surface area contributed by atoms with Crippen molar-refractivity contribution in [2.75, 3.05) is 11.9 Å². The number of rotatable bonds is 7. The van der Waals surface area contributed by atoms with Gasteiger partial charge in [0.05, 0.1) is 30.3 Å². The normalized spacial score (nSPS) is 17.0. The van der Waals surface area contributed by atoms with Gasteiger partial charge in [-0.05, 0) is 51.7 Å². The molecule has 4 rings (SSSR count). The number of fused-ring (bicyclic) bond motifs is 1. The highest BCUT2D eigenvalue weighted by molar-refractivity contribution is 6.29. The molecule has 9 heteroatoms. The summed E-state index contributed by atoms with van der Waals surface area (Å²) >= 11 is 6.32. The molecule has 2 aromatic heterocycles. The van der Waals surface area contributed by atoms with E-state index in [0.29, 0.717) is 41.3 Å². The molecule has 0 amide bonds. The molecule has 7 nitrogen and oxygen atoms in total. The maximum Gasteiger partial charge on any atom is 0.177 e. The van der Waals surface area contributed by atoms with Gasteiger partial charge in [-0.15, -0.1) is 0 Å². The number of benzene rings is 1. The van der Waals surface area contributed by atoms with Crippen LogP contribution in [0.5, 0.6) is 0 Å². The van der Waals surface area contributed by atoms with E-state index in [4.69, 9.17) is 21.1 Å². The van der Waals surface area contributed by atoms with Crippen LogP contribution in [0.15, 0.2) is 24.3 Å². The van der Waals surface area contributed by atoms with Gasteiger partial charge in [0.2, 0.25) is 0 Å². The van der Waals surface area contributed by atoms with Crippen molar-refractivity contribution in [1.29, 1.82) is 0 Å². The summed E-state index contributed by atoms with van der Waals surface area (Å²) in [7, 11) is 0. The largest absolute Gasteiger partial charge is 0.390 e. The number of aliphatic hydroxyl groups excluding tert-OH is 1. The summed E-state index contributed by atoms with van der Waals surface area (Å²) < 4.78 is 27.9. The first-order valence-corrected chi connectivity index (χ1v) is 11.6. The molecular formula is C24H30ClFN4O3. The molecule has 1 saturated heterocycles. The molecule has 1 fully saturated rings. The molecule has 1 aliphatic heterocycles. The summed E-state index contributed by atoms with van der Waals surface area (Å²) in [6.07, 6.45) is 2.85. The first-order chi connectivity index (χ1) is 15.7. The van der Waals surface area contributed by atoms with Gasteiger partial charge in [-0.3, -0.25) is 0 Å². The lowest BCUT2D eigenvalue weighted by molar-refractivity contribution is -0.169. The van der Waals surface area contributed by atoms with E-state index >= 15 is 0 Å². The molecule has 178 valence electrons. The van der Waals surface area contributed by atoms with Crippen LogP contribution in [0.25, 0.3) is 5.65 Å². The van der Waals surface area contributed by atoms with E-state index in [1.807, 2.05) is 26.8 Å². The number of hydrogen-bond acceptors (Lipinski definition) is 6. The van der Waals surface area contributed by atoms with E-state index in [0.717, 1.165) is 24.8 Å². The maximum absolute atomic E-state index is 14.8. The van der Waals surface area contributed by atoms with Crippen molar-refractivity contribution in [2.45, 2.75) is 71.5 Å². The highest BCUT2D eigenvalue weighted by Crippen LogP contribution is 2.28. The van der Waals surface area contributed by atoms with Crippen LogP contribution in [0.1, 0.15) is 62.5 Å². The lowest BCUT2D eigenvalue weighted by Gasteiger charge is -2.23. The lowest BCUT2D eigenvalue weighted by atomic mass is 10.0. The summed E-state index contributed by atoms with van der Waals surface area (Å²) in [4.78, 5) is 4.61. The van der Waals surface area contributed by atoms with Crippen molar-refractivity contribution in [3.63, 3.8) is 0 Å². The van der Waals surface area contributed by atoms with Crippen molar-refractivity contribution in [1.82, 2.24) is 14.6 Å². The minimum atomic E-state index is -0.344. The molecule has 0 saturated carbocycles. The second kappa shape index (κ2) is 9.93. The van der Waals surface area contributed by atoms with E-state index in [1.165, 1.54) is 6.07 Å². The van der Waals surface area contributed by atoms with Gasteiger partial charge in [0.1, 0.15) is 5.82 Å². The average Bonchev–Trinajstić information content (AvgIpc) is 3.10. The molecule has 1 atom stereocenters. The fourth-order valence-electron chi connectivity index (χ4n) is 4.01. The van der Waals surface area contributed by atoms with E-state index in [9.17, 15) is 9.50 Å². The third-order valence-electron chi connectivity index (χ3n) is 5.51. The van der Waals surface area contributed by atoms with Crippen molar-refractivity contribution in [3.8, 4) is 0 Å². The monoisotopic (exact) mass is 476 g/mol. The zero-order valence-corrected chi connectivity index (χ0v) is 20.0. The van der Waals surface area contributed by atoms with Gasteiger partial charge in [-0.2, -0.15) is 5.10 Å². The van der Waals surface area contributed by atoms with Crippen LogP contribution in [-0.2, 0) is 29.1 Å². The molecule has 0 bridgehead atoms. The molecule has 0 radical (unpaired) electrons. The average molecular weight is 477 g/mol. The summed E-state index contributed by atoms with van der Waals surface area (Å²) in [5.41, 5.74) is 3.33. The molecule has 3 aromatic rings. The molecule has 1 aromatic carbocycles. The number of aliphatic hydroxyl groups is 1. The molecule has 2 N–H and O–H groups in total. The van der Waals surface area contributed by atoms with E-state index in [2.05, 4.69) is 15.4 Å². The SMILES string of the molecule is CC(C)(C)Nc1cc(Cl)nn2c(Cc3cccc(F)c3COC3CCCCO3)c(CO)nc12. The molecular weight excluding hydrogens is 447 g/mol. The highest BCUT2D eigenvalue weighted by Gasteiger charge is 2.22. The summed E-state index contributed by atoms with van der Waals surface area (Å²) in [6, 6.07) is 6.65. The van der Waals surface area contributed by atoms with Crippen LogP contribution in [-0.4, -0.2) is 38.1 Å². The Hall–Kier alpha value is -2.26. The second-order valence-electron chi connectivity index (χ2n) is 9.32. The molecule has 3 heterocycles. The zero-order chi connectivity index (χ0) is 23.6. The van der Waals surface area contributed by atoms with E-state index in [1.54, 1.807) is 16.6 Å². The molecule has 0 spiro atoms. The summed E-state index contributed by atoms with van der Waals surface area (Å²) in [6.45, 7) is 6.58. The van der Waals surface area contributed by atoms with Crippen LogP contribution in [0.2, 0.25) is 5.15 Å². The smallest absolute Gasteiger partial charge is 0.177 e.